The third kappa shape index (κ3) is 4.39. The van der Waals surface area contributed by atoms with Crippen LogP contribution in [0.25, 0.3) is 22.2 Å². The molecule has 5 rings (SSSR count). The van der Waals surface area contributed by atoms with Crippen molar-refractivity contribution in [3.63, 3.8) is 0 Å². The Labute approximate surface area is 194 Å². The Hall–Kier alpha value is -3.52. The Bertz CT molecular complexity index is 1310. The Morgan fingerprint density at radius 1 is 1.24 bits per heavy atom. The van der Waals surface area contributed by atoms with Gasteiger partial charge < -0.3 is 15.0 Å². The number of nitrogens with zero attached hydrogens (tertiary/aromatic N) is 4. The minimum Gasteiger partial charge on any atom is -0.481 e. The fourth-order valence-corrected chi connectivity index (χ4v) is 4.36. The number of carboxylic acids is 1. The van der Waals surface area contributed by atoms with Crippen LogP contribution in [0.5, 0.6) is 0 Å². The summed E-state index contributed by atoms with van der Waals surface area (Å²) >= 11 is 6.04. The van der Waals surface area contributed by atoms with Crippen LogP contribution in [0.15, 0.2) is 54.6 Å². The Kier molecular flexibility index (Phi) is 5.68. The number of benzene rings is 1. The Morgan fingerprint density at radius 2 is 2.06 bits per heavy atom. The fraction of sp³-hybridized carbons (Fsp3) is 0.250. The molecule has 33 heavy (non-hydrogen) atoms. The van der Waals surface area contributed by atoms with Crippen LogP contribution in [0.4, 0.5) is 10.3 Å². The van der Waals surface area contributed by atoms with Gasteiger partial charge in [0, 0.05) is 41.6 Å². The summed E-state index contributed by atoms with van der Waals surface area (Å²) < 4.78 is 15.2. The van der Waals surface area contributed by atoms with Crippen LogP contribution in [0.3, 0.4) is 0 Å². The van der Waals surface area contributed by atoms with Gasteiger partial charge in [-0.15, -0.1) is 0 Å². The van der Waals surface area contributed by atoms with Gasteiger partial charge in [-0.25, -0.2) is 19.3 Å². The van der Waals surface area contributed by atoms with Crippen LogP contribution in [0.1, 0.15) is 30.7 Å². The molecule has 0 bridgehead atoms. The number of nitrogens with one attached hydrogen (secondary N) is 1. The van der Waals surface area contributed by atoms with Gasteiger partial charge in [0.15, 0.2) is 0 Å². The number of imidazole rings is 1. The van der Waals surface area contributed by atoms with Crippen molar-refractivity contribution in [3.8, 4) is 0 Å². The third-order valence-electron chi connectivity index (χ3n) is 5.92. The van der Waals surface area contributed by atoms with E-state index >= 15 is 4.39 Å². The SMILES string of the molecule is O=C(O)C1CCCN(c2ncc(C3=CCC=C(c4nc5ccc(Cl)cc5[nH]4)C(F)=C3)cn2)C1. The number of carboxylic acid groups (broad SMARTS) is 1. The maximum absolute atomic E-state index is 15.2. The molecule has 0 spiro atoms. The van der Waals surface area contributed by atoms with E-state index < -0.39 is 17.7 Å². The van der Waals surface area contributed by atoms with E-state index in [1.807, 2.05) is 11.0 Å². The second-order valence-electron chi connectivity index (χ2n) is 8.15. The number of aromatic nitrogens is 4. The molecule has 7 nitrogen and oxygen atoms in total. The fourth-order valence-electron chi connectivity index (χ4n) is 4.19. The number of allylic oxidation sites excluding steroid dienone is 6. The molecular weight excluding hydrogens is 445 g/mol. The largest absolute Gasteiger partial charge is 0.481 e. The average molecular weight is 466 g/mol. The van der Waals surface area contributed by atoms with E-state index in [-0.39, 0.29) is 0 Å². The van der Waals surface area contributed by atoms with E-state index in [0.717, 1.165) is 18.5 Å². The number of aliphatic carboxylic acids is 1. The highest BCUT2D eigenvalue weighted by Gasteiger charge is 2.26. The van der Waals surface area contributed by atoms with E-state index in [9.17, 15) is 9.90 Å². The topological polar surface area (TPSA) is 95.0 Å². The molecule has 0 amide bonds. The smallest absolute Gasteiger partial charge is 0.308 e. The molecule has 3 aromatic rings. The summed E-state index contributed by atoms with van der Waals surface area (Å²) in [5, 5.41) is 9.87. The highest BCUT2D eigenvalue weighted by atomic mass is 35.5. The molecule has 3 heterocycles. The predicted octanol–water partition coefficient (Wildman–Crippen LogP) is 5.03. The Balaban J connectivity index is 1.36. The van der Waals surface area contributed by atoms with Gasteiger partial charge in [-0.05, 0) is 49.1 Å². The van der Waals surface area contributed by atoms with Gasteiger partial charge in [0.2, 0.25) is 5.95 Å². The first kappa shape index (κ1) is 21.3. The maximum Gasteiger partial charge on any atom is 0.308 e. The van der Waals surface area contributed by atoms with Crippen LogP contribution in [0, 0.1) is 5.92 Å². The molecule has 1 fully saturated rings. The highest BCUT2D eigenvalue weighted by molar-refractivity contribution is 6.31. The average Bonchev–Trinajstić information content (AvgIpc) is 3.13. The van der Waals surface area contributed by atoms with Crippen molar-refractivity contribution in [2.75, 3.05) is 18.0 Å². The van der Waals surface area contributed by atoms with Crippen molar-refractivity contribution in [2.45, 2.75) is 19.3 Å². The molecule has 2 aromatic heterocycles. The summed E-state index contributed by atoms with van der Waals surface area (Å²) in [4.78, 5) is 29.7. The number of aromatic amines is 1. The quantitative estimate of drug-likeness (QED) is 0.561. The maximum atomic E-state index is 15.2. The summed E-state index contributed by atoms with van der Waals surface area (Å²) in [6.07, 6.45) is 10.4. The minimum absolute atomic E-state index is 0.388. The van der Waals surface area contributed by atoms with E-state index in [2.05, 4.69) is 19.9 Å². The van der Waals surface area contributed by atoms with Gasteiger partial charge in [-0.2, -0.15) is 0 Å². The highest BCUT2D eigenvalue weighted by Crippen LogP contribution is 2.32. The molecule has 9 heteroatoms. The van der Waals surface area contributed by atoms with Crippen LogP contribution in [-0.2, 0) is 4.79 Å². The molecule has 168 valence electrons. The molecule has 1 unspecified atom stereocenters. The van der Waals surface area contributed by atoms with Crippen molar-refractivity contribution in [1.82, 2.24) is 19.9 Å². The second kappa shape index (κ2) is 8.78. The van der Waals surface area contributed by atoms with Gasteiger partial charge in [-0.1, -0.05) is 23.8 Å². The molecular formula is C24H21ClFN5O2. The second-order valence-corrected chi connectivity index (χ2v) is 8.58. The summed E-state index contributed by atoms with van der Waals surface area (Å²) in [7, 11) is 0. The van der Waals surface area contributed by atoms with Crippen LogP contribution in [-0.4, -0.2) is 44.1 Å². The number of halogens is 2. The molecule has 2 N–H and O–H groups in total. The van der Waals surface area contributed by atoms with Crippen molar-refractivity contribution in [2.24, 2.45) is 5.92 Å². The number of piperidine rings is 1. The lowest BCUT2D eigenvalue weighted by Gasteiger charge is -2.30. The van der Waals surface area contributed by atoms with Gasteiger partial charge in [0.25, 0.3) is 0 Å². The van der Waals surface area contributed by atoms with Gasteiger partial charge >= 0.3 is 5.97 Å². The standard InChI is InChI=1S/C24H21ClFN5O2/c25-17-6-7-20-21(10-17)30-22(29-20)18-5-1-3-14(9-19(18)26)16-11-27-24(28-12-16)31-8-2-4-15(13-31)23(32)33/h3,5-7,9-12,15H,1-2,4,8,13H2,(H,29,30)(H,32,33). The monoisotopic (exact) mass is 465 g/mol. The van der Waals surface area contributed by atoms with Crippen LogP contribution < -0.4 is 4.90 Å². The van der Waals surface area contributed by atoms with Crippen molar-refractivity contribution >= 4 is 45.7 Å². The third-order valence-corrected chi connectivity index (χ3v) is 6.16. The molecule has 0 saturated carbocycles. The van der Waals surface area contributed by atoms with Gasteiger partial charge in [-0.3, -0.25) is 4.79 Å². The molecule has 1 aliphatic carbocycles. The molecule has 1 atom stereocenters. The zero-order valence-corrected chi connectivity index (χ0v) is 18.4. The van der Waals surface area contributed by atoms with E-state index in [4.69, 9.17) is 11.6 Å². The van der Waals surface area contributed by atoms with Crippen LogP contribution in [0.2, 0.25) is 5.02 Å². The first-order valence-electron chi connectivity index (χ1n) is 10.7. The summed E-state index contributed by atoms with van der Waals surface area (Å²) in [5.41, 5.74) is 3.21. The molecule has 2 aliphatic rings. The van der Waals surface area contributed by atoms with E-state index in [1.165, 1.54) is 6.08 Å². The van der Waals surface area contributed by atoms with Gasteiger partial charge in [0.05, 0.1) is 17.0 Å². The van der Waals surface area contributed by atoms with Crippen molar-refractivity contribution < 1.29 is 14.3 Å². The normalized spacial score (nSPS) is 19.0. The van der Waals surface area contributed by atoms with Crippen LogP contribution >= 0.6 is 11.6 Å². The number of H-pyrrole nitrogens is 1. The number of fused-ring (bicyclic) bond motifs is 1. The van der Waals surface area contributed by atoms with Crippen molar-refractivity contribution in [1.29, 1.82) is 0 Å². The number of hydrogen-bond acceptors (Lipinski definition) is 5. The number of rotatable bonds is 4. The lowest BCUT2D eigenvalue weighted by Crippen LogP contribution is -2.39. The lowest BCUT2D eigenvalue weighted by atomic mass is 9.99. The summed E-state index contributed by atoms with van der Waals surface area (Å²) in [5.74, 6) is -0.685. The zero-order chi connectivity index (χ0) is 22.9. The minimum atomic E-state index is -0.795. The summed E-state index contributed by atoms with van der Waals surface area (Å²) in [6, 6.07) is 5.30. The van der Waals surface area contributed by atoms with E-state index in [1.54, 1.807) is 36.7 Å². The lowest BCUT2D eigenvalue weighted by molar-refractivity contribution is -0.141. The summed E-state index contributed by atoms with van der Waals surface area (Å²) in [6.45, 7) is 1.11. The molecule has 1 aromatic carbocycles. The van der Waals surface area contributed by atoms with Crippen molar-refractivity contribution in [3.05, 3.63) is 71.1 Å². The zero-order valence-electron chi connectivity index (χ0n) is 17.6. The molecule has 1 aliphatic heterocycles. The predicted molar refractivity (Wildman–Crippen MR) is 125 cm³/mol. The first-order chi connectivity index (χ1) is 16.0. The van der Waals surface area contributed by atoms with Gasteiger partial charge in [0.1, 0.15) is 11.7 Å². The Morgan fingerprint density at radius 3 is 2.85 bits per heavy atom. The number of anilines is 1. The first-order valence-corrected chi connectivity index (χ1v) is 11.1. The van der Waals surface area contributed by atoms with E-state index in [0.29, 0.717) is 58.4 Å². The number of carbonyl (C=O) groups is 1. The number of hydrogen-bond donors (Lipinski definition) is 2. The molecule has 1 saturated heterocycles. The molecule has 0 radical (unpaired) electrons.